The fourth-order valence-electron chi connectivity index (χ4n) is 1.47. The first-order valence-corrected chi connectivity index (χ1v) is 5.48. The fourth-order valence-corrected chi connectivity index (χ4v) is 1.47. The highest BCUT2D eigenvalue weighted by molar-refractivity contribution is 4.75. The van der Waals surface area contributed by atoms with Crippen molar-refractivity contribution in [2.24, 2.45) is 0 Å². The second-order valence-electron chi connectivity index (χ2n) is 4.30. The molecule has 14 heavy (non-hydrogen) atoms. The lowest BCUT2D eigenvalue weighted by atomic mass is 10.2. The minimum absolute atomic E-state index is 0.0851. The first-order valence-electron chi connectivity index (χ1n) is 5.48. The van der Waals surface area contributed by atoms with E-state index in [0.717, 1.165) is 13.0 Å². The van der Waals surface area contributed by atoms with Gasteiger partial charge in [-0.15, -0.1) is 0 Å². The van der Waals surface area contributed by atoms with E-state index in [2.05, 4.69) is 6.92 Å². The van der Waals surface area contributed by atoms with Gasteiger partial charge in [0.25, 0.3) is 0 Å². The first-order chi connectivity index (χ1) is 6.55. The van der Waals surface area contributed by atoms with Crippen molar-refractivity contribution in [3.63, 3.8) is 0 Å². The van der Waals surface area contributed by atoms with Crippen LogP contribution in [0.3, 0.4) is 0 Å². The van der Waals surface area contributed by atoms with Gasteiger partial charge in [-0.2, -0.15) is 0 Å². The molecule has 0 bridgehead atoms. The van der Waals surface area contributed by atoms with Crippen LogP contribution in [-0.4, -0.2) is 31.2 Å². The Labute approximate surface area is 86.7 Å². The van der Waals surface area contributed by atoms with Crippen molar-refractivity contribution in [2.45, 2.75) is 58.5 Å². The van der Waals surface area contributed by atoms with Crippen molar-refractivity contribution < 1.29 is 14.2 Å². The zero-order chi connectivity index (χ0) is 10.6. The van der Waals surface area contributed by atoms with Crippen LogP contribution in [0.2, 0.25) is 0 Å². The standard InChI is InChI=1S/C11H22O3/c1-5-6-7-12-9(2)10-8-13-11(3,4)14-10/h9-10H,5-8H2,1-4H3/t9-,10+/m0/s1. The zero-order valence-electron chi connectivity index (χ0n) is 9.71. The molecule has 84 valence electrons. The van der Waals surface area contributed by atoms with Crippen LogP contribution < -0.4 is 0 Å². The minimum atomic E-state index is -0.437. The third kappa shape index (κ3) is 3.56. The molecule has 2 atom stereocenters. The Balaban J connectivity index is 2.22. The van der Waals surface area contributed by atoms with E-state index in [1.54, 1.807) is 0 Å². The van der Waals surface area contributed by atoms with Crippen molar-refractivity contribution in [3.8, 4) is 0 Å². The molecular weight excluding hydrogens is 180 g/mol. The summed E-state index contributed by atoms with van der Waals surface area (Å²) >= 11 is 0. The second kappa shape index (κ2) is 5.10. The second-order valence-corrected chi connectivity index (χ2v) is 4.30. The summed E-state index contributed by atoms with van der Waals surface area (Å²) in [4.78, 5) is 0. The molecule has 0 amide bonds. The van der Waals surface area contributed by atoms with E-state index in [-0.39, 0.29) is 12.2 Å². The molecular formula is C11H22O3. The average Bonchev–Trinajstić information content (AvgIpc) is 2.46. The lowest BCUT2D eigenvalue weighted by Gasteiger charge is -2.21. The van der Waals surface area contributed by atoms with Crippen LogP contribution in [0.5, 0.6) is 0 Å². The monoisotopic (exact) mass is 202 g/mol. The van der Waals surface area contributed by atoms with E-state index in [9.17, 15) is 0 Å². The van der Waals surface area contributed by atoms with E-state index >= 15 is 0 Å². The SMILES string of the molecule is CCCCO[C@@H](C)[C@H]1COC(C)(C)O1. The van der Waals surface area contributed by atoms with Crippen molar-refractivity contribution >= 4 is 0 Å². The fraction of sp³-hybridized carbons (Fsp3) is 1.00. The number of ether oxygens (including phenoxy) is 3. The lowest BCUT2D eigenvalue weighted by molar-refractivity contribution is -0.154. The quantitative estimate of drug-likeness (QED) is 0.640. The summed E-state index contributed by atoms with van der Waals surface area (Å²) in [6, 6.07) is 0. The van der Waals surface area contributed by atoms with Gasteiger partial charge in [0, 0.05) is 6.61 Å². The predicted molar refractivity (Wildman–Crippen MR) is 55.2 cm³/mol. The van der Waals surface area contributed by atoms with E-state index in [1.807, 2.05) is 20.8 Å². The molecule has 0 N–H and O–H groups in total. The van der Waals surface area contributed by atoms with Gasteiger partial charge in [-0.05, 0) is 27.2 Å². The summed E-state index contributed by atoms with van der Waals surface area (Å²) in [5.41, 5.74) is 0. The van der Waals surface area contributed by atoms with Gasteiger partial charge in [0.2, 0.25) is 0 Å². The zero-order valence-corrected chi connectivity index (χ0v) is 9.71. The largest absolute Gasteiger partial charge is 0.376 e. The summed E-state index contributed by atoms with van der Waals surface area (Å²) in [6.07, 6.45) is 2.49. The van der Waals surface area contributed by atoms with E-state index in [0.29, 0.717) is 6.61 Å². The molecule has 1 heterocycles. The van der Waals surface area contributed by atoms with Crippen LogP contribution in [0.4, 0.5) is 0 Å². The van der Waals surface area contributed by atoms with Crippen LogP contribution in [-0.2, 0) is 14.2 Å². The Kier molecular flexibility index (Phi) is 4.35. The first kappa shape index (κ1) is 12.0. The van der Waals surface area contributed by atoms with Crippen LogP contribution in [0, 0.1) is 0 Å². The van der Waals surface area contributed by atoms with Crippen LogP contribution in [0.25, 0.3) is 0 Å². The molecule has 0 aliphatic carbocycles. The molecule has 1 aliphatic heterocycles. The number of hydrogen-bond acceptors (Lipinski definition) is 3. The highest BCUT2D eigenvalue weighted by Gasteiger charge is 2.35. The Morgan fingerprint density at radius 2 is 2.21 bits per heavy atom. The van der Waals surface area contributed by atoms with Gasteiger partial charge in [0.15, 0.2) is 5.79 Å². The van der Waals surface area contributed by atoms with Gasteiger partial charge < -0.3 is 14.2 Å². The van der Waals surface area contributed by atoms with Gasteiger partial charge in [0.1, 0.15) is 6.10 Å². The molecule has 0 saturated carbocycles. The summed E-state index contributed by atoms with van der Waals surface area (Å²) in [7, 11) is 0. The molecule has 0 spiro atoms. The molecule has 0 radical (unpaired) electrons. The average molecular weight is 202 g/mol. The summed E-state index contributed by atoms with van der Waals surface area (Å²) in [6.45, 7) is 9.53. The Morgan fingerprint density at radius 1 is 1.50 bits per heavy atom. The third-order valence-electron chi connectivity index (χ3n) is 2.43. The maximum atomic E-state index is 5.69. The smallest absolute Gasteiger partial charge is 0.163 e. The van der Waals surface area contributed by atoms with Gasteiger partial charge in [-0.3, -0.25) is 0 Å². The summed E-state index contributed by atoms with van der Waals surface area (Å²) in [5.74, 6) is -0.437. The van der Waals surface area contributed by atoms with Crippen LogP contribution >= 0.6 is 0 Å². The van der Waals surface area contributed by atoms with Crippen LogP contribution in [0.15, 0.2) is 0 Å². The number of unbranched alkanes of at least 4 members (excludes halogenated alkanes) is 1. The highest BCUT2D eigenvalue weighted by Crippen LogP contribution is 2.25. The minimum Gasteiger partial charge on any atom is -0.376 e. The Morgan fingerprint density at radius 3 is 2.71 bits per heavy atom. The Hall–Kier alpha value is -0.120. The van der Waals surface area contributed by atoms with Gasteiger partial charge in [-0.1, -0.05) is 13.3 Å². The van der Waals surface area contributed by atoms with Gasteiger partial charge in [0.05, 0.1) is 12.7 Å². The van der Waals surface area contributed by atoms with Crippen molar-refractivity contribution in [3.05, 3.63) is 0 Å². The van der Waals surface area contributed by atoms with Crippen molar-refractivity contribution in [2.75, 3.05) is 13.2 Å². The molecule has 0 aromatic carbocycles. The van der Waals surface area contributed by atoms with E-state index in [1.165, 1.54) is 6.42 Å². The molecule has 3 nitrogen and oxygen atoms in total. The topological polar surface area (TPSA) is 27.7 Å². The predicted octanol–water partition coefficient (Wildman–Crippen LogP) is 2.34. The van der Waals surface area contributed by atoms with E-state index in [4.69, 9.17) is 14.2 Å². The van der Waals surface area contributed by atoms with Gasteiger partial charge in [-0.25, -0.2) is 0 Å². The van der Waals surface area contributed by atoms with Gasteiger partial charge >= 0.3 is 0 Å². The molecule has 1 rings (SSSR count). The molecule has 0 unspecified atom stereocenters. The number of rotatable bonds is 5. The molecule has 0 aromatic heterocycles. The van der Waals surface area contributed by atoms with Crippen LogP contribution in [0.1, 0.15) is 40.5 Å². The van der Waals surface area contributed by atoms with Crippen molar-refractivity contribution in [1.82, 2.24) is 0 Å². The molecule has 0 aromatic rings. The maximum absolute atomic E-state index is 5.69. The molecule has 1 aliphatic rings. The summed E-state index contributed by atoms with van der Waals surface area (Å²) < 4.78 is 16.8. The summed E-state index contributed by atoms with van der Waals surface area (Å²) in [5, 5.41) is 0. The molecule has 3 heteroatoms. The highest BCUT2D eigenvalue weighted by atomic mass is 16.7. The van der Waals surface area contributed by atoms with Crippen molar-refractivity contribution in [1.29, 1.82) is 0 Å². The Bertz CT molecular complexity index is 168. The normalized spacial score (nSPS) is 27.9. The maximum Gasteiger partial charge on any atom is 0.163 e. The van der Waals surface area contributed by atoms with E-state index < -0.39 is 5.79 Å². The molecule has 1 fully saturated rings. The third-order valence-corrected chi connectivity index (χ3v) is 2.43. The lowest BCUT2D eigenvalue weighted by Crippen LogP contribution is -2.30. The molecule has 1 saturated heterocycles. The number of hydrogen-bond donors (Lipinski definition) is 0.